The van der Waals surface area contributed by atoms with Crippen LogP contribution >= 0.6 is 11.6 Å². The summed E-state index contributed by atoms with van der Waals surface area (Å²) >= 11 is 5.88. The van der Waals surface area contributed by atoms with Crippen LogP contribution < -0.4 is 4.90 Å². The topological polar surface area (TPSA) is 29.0 Å². The zero-order valence-electron chi connectivity index (χ0n) is 10.8. The van der Waals surface area contributed by atoms with E-state index in [0.717, 1.165) is 23.6 Å². The second-order valence-electron chi connectivity index (χ2n) is 4.23. The second-order valence-corrected chi connectivity index (χ2v) is 4.56. The van der Waals surface area contributed by atoms with Crippen LogP contribution in [0.15, 0.2) is 30.5 Å². The highest BCUT2D eigenvalue weighted by molar-refractivity contribution is 6.28. The molecule has 0 saturated carbocycles. The van der Waals surface area contributed by atoms with E-state index >= 15 is 0 Å². The normalized spacial score (nSPS) is 10.4. The summed E-state index contributed by atoms with van der Waals surface area (Å²) in [6.45, 7) is 6.99. The minimum absolute atomic E-state index is 0.279. The summed E-state index contributed by atoms with van der Waals surface area (Å²) < 4.78 is 0. The molecule has 1 heterocycles. The van der Waals surface area contributed by atoms with Crippen molar-refractivity contribution in [1.29, 1.82) is 0 Å². The lowest BCUT2D eigenvalue weighted by molar-refractivity contribution is 0.962. The van der Waals surface area contributed by atoms with Gasteiger partial charge in [-0.1, -0.05) is 17.7 Å². The van der Waals surface area contributed by atoms with Crippen LogP contribution in [-0.4, -0.2) is 16.5 Å². The molecule has 0 aliphatic heterocycles. The Morgan fingerprint density at radius 3 is 2.44 bits per heavy atom. The molecule has 18 heavy (non-hydrogen) atoms. The number of hydrogen-bond donors (Lipinski definition) is 0. The predicted octanol–water partition coefficient (Wildman–Crippen LogP) is 3.90. The Hall–Kier alpha value is -1.61. The van der Waals surface area contributed by atoms with Gasteiger partial charge in [-0.05, 0) is 44.5 Å². The molecule has 0 amide bonds. The van der Waals surface area contributed by atoms with Crippen molar-refractivity contribution in [2.45, 2.75) is 20.8 Å². The first-order valence-corrected chi connectivity index (χ1v) is 6.33. The Kier molecular flexibility index (Phi) is 3.82. The maximum Gasteiger partial charge on any atom is 0.224 e. The van der Waals surface area contributed by atoms with Gasteiger partial charge in [0.05, 0.1) is 0 Å². The Labute approximate surface area is 112 Å². The van der Waals surface area contributed by atoms with Gasteiger partial charge in [0.1, 0.15) is 5.82 Å². The molecule has 94 valence electrons. The quantitative estimate of drug-likeness (QED) is 0.785. The standard InChI is InChI=1S/C14H16ClN3/c1-4-18(12-7-5-10(2)6-8-12)13-11(3)9-16-14(15)17-13/h5-9H,4H2,1-3H3. The molecule has 0 radical (unpaired) electrons. The summed E-state index contributed by atoms with van der Waals surface area (Å²) in [6.07, 6.45) is 1.75. The number of aromatic nitrogens is 2. The summed E-state index contributed by atoms with van der Waals surface area (Å²) in [5.41, 5.74) is 3.37. The van der Waals surface area contributed by atoms with Crippen molar-refractivity contribution in [2.24, 2.45) is 0 Å². The van der Waals surface area contributed by atoms with Crippen molar-refractivity contribution in [2.75, 3.05) is 11.4 Å². The smallest absolute Gasteiger partial charge is 0.224 e. The minimum atomic E-state index is 0.279. The van der Waals surface area contributed by atoms with Gasteiger partial charge in [-0.15, -0.1) is 0 Å². The average Bonchev–Trinajstić information content (AvgIpc) is 2.37. The monoisotopic (exact) mass is 261 g/mol. The number of benzene rings is 1. The molecule has 1 aromatic heterocycles. The number of aryl methyl sites for hydroxylation is 2. The van der Waals surface area contributed by atoms with Crippen molar-refractivity contribution in [3.05, 3.63) is 46.9 Å². The molecule has 2 rings (SSSR count). The number of rotatable bonds is 3. The number of hydrogen-bond acceptors (Lipinski definition) is 3. The molecule has 4 heteroatoms. The van der Waals surface area contributed by atoms with E-state index in [2.05, 4.69) is 53.0 Å². The van der Waals surface area contributed by atoms with Gasteiger partial charge in [0, 0.05) is 24.0 Å². The Morgan fingerprint density at radius 2 is 1.83 bits per heavy atom. The largest absolute Gasteiger partial charge is 0.326 e. The van der Waals surface area contributed by atoms with Gasteiger partial charge in [-0.3, -0.25) is 0 Å². The van der Waals surface area contributed by atoms with Crippen molar-refractivity contribution in [1.82, 2.24) is 9.97 Å². The van der Waals surface area contributed by atoms with E-state index in [0.29, 0.717) is 0 Å². The Bertz CT molecular complexity index is 537. The fraction of sp³-hybridized carbons (Fsp3) is 0.286. The second kappa shape index (κ2) is 5.36. The molecule has 2 aromatic rings. The van der Waals surface area contributed by atoms with Crippen LogP contribution in [0.25, 0.3) is 0 Å². The molecule has 0 aliphatic carbocycles. The highest BCUT2D eigenvalue weighted by atomic mass is 35.5. The highest BCUT2D eigenvalue weighted by Crippen LogP contribution is 2.26. The van der Waals surface area contributed by atoms with E-state index in [-0.39, 0.29) is 5.28 Å². The van der Waals surface area contributed by atoms with Crippen LogP contribution in [0.5, 0.6) is 0 Å². The Morgan fingerprint density at radius 1 is 1.17 bits per heavy atom. The van der Waals surface area contributed by atoms with E-state index in [1.807, 2.05) is 6.92 Å². The maximum atomic E-state index is 5.88. The van der Waals surface area contributed by atoms with E-state index in [1.165, 1.54) is 5.56 Å². The molecule has 0 aliphatic rings. The van der Waals surface area contributed by atoms with Gasteiger partial charge < -0.3 is 4.90 Å². The fourth-order valence-corrected chi connectivity index (χ4v) is 1.99. The lowest BCUT2D eigenvalue weighted by atomic mass is 10.2. The zero-order chi connectivity index (χ0) is 13.1. The van der Waals surface area contributed by atoms with Gasteiger partial charge in [0.2, 0.25) is 5.28 Å². The summed E-state index contributed by atoms with van der Waals surface area (Å²) in [5.74, 6) is 0.862. The number of halogens is 1. The molecule has 3 nitrogen and oxygen atoms in total. The SMILES string of the molecule is CCN(c1ccc(C)cc1)c1nc(Cl)ncc1C. The molecule has 0 unspecified atom stereocenters. The third kappa shape index (κ3) is 2.62. The maximum absolute atomic E-state index is 5.88. The fourth-order valence-electron chi connectivity index (χ4n) is 1.86. The summed E-state index contributed by atoms with van der Waals surface area (Å²) in [4.78, 5) is 10.4. The Balaban J connectivity index is 2.44. The average molecular weight is 262 g/mol. The van der Waals surface area contributed by atoms with Gasteiger partial charge >= 0.3 is 0 Å². The van der Waals surface area contributed by atoms with E-state index < -0.39 is 0 Å². The van der Waals surface area contributed by atoms with Gasteiger partial charge in [0.15, 0.2) is 0 Å². The van der Waals surface area contributed by atoms with Crippen LogP contribution in [0.3, 0.4) is 0 Å². The zero-order valence-corrected chi connectivity index (χ0v) is 11.6. The molecular formula is C14H16ClN3. The molecule has 1 aromatic carbocycles. The number of nitrogens with zero attached hydrogens (tertiary/aromatic N) is 3. The number of anilines is 2. The van der Waals surface area contributed by atoms with Crippen molar-refractivity contribution in [3.8, 4) is 0 Å². The summed E-state index contributed by atoms with van der Waals surface area (Å²) in [7, 11) is 0. The van der Waals surface area contributed by atoms with Crippen LogP contribution in [0, 0.1) is 13.8 Å². The van der Waals surface area contributed by atoms with Gasteiger partial charge in [-0.2, -0.15) is 4.98 Å². The third-order valence-corrected chi connectivity index (χ3v) is 3.02. The van der Waals surface area contributed by atoms with E-state index in [1.54, 1.807) is 6.20 Å². The first-order valence-electron chi connectivity index (χ1n) is 5.95. The molecule has 0 fully saturated rings. The van der Waals surface area contributed by atoms with Crippen LogP contribution in [0.1, 0.15) is 18.1 Å². The van der Waals surface area contributed by atoms with Crippen LogP contribution in [0.4, 0.5) is 11.5 Å². The van der Waals surface area contributed by atoms with E-state index in [9.17, 15) is 0 Å². The molecular weight excluding hydrogens is 246 g/mol. The molecule has 0 atom stereocenters. The molecule has 0 N–H and O–H groups in total. The van der Waals surface area contributed by atoms with Crippen molar-refractivity contribution in [3.63, 3.8) is 0 Å². The summed E-state index contributed by atoms with van der Waals surface area (Å²) in [5, 5.41) is 0.279. The summed E-state index contributed by atoms with van der Waals surface area (Å²) in [6, 6.07) is 8.37. The predicted molar refractivity (Wildman–Crippen MR) is 75.6 cm³/mol. The molecule has 0 spiro atoms. The first-order chi connectivity index (χ1) is 8.61. The first kappa shape index (κ1) is 12.8. The minimum Gasteiger partial charge on any atom is -0.326 e. The van der Waals surface area contributed by atoms with Gasteiger partial charge in [0.25, 0.3) is 0 Å². The highest BCUT2D eigenvalue weighted by Gasteiger charge is 2.12. The van der Waals surface area contributed by atoms with Crippen LogP contribution in [-0.2, 0) is 0 Å². The van der Waals surface area contributed by atoms with Crippen LogP contribution in [0.2, 0.25) is 5.28 Å². The van der Waals surface area contributed by atoms with Crippen molar-refractivity contribution < 1.29 is 0 Å². The molecule has 0 saturated heterocycles. The lowest BCUT2D eigenvalue weighted by Crippen LogP contribution is -2.18. The van der Waals surface area contributed by atoms with E-state index in [4.69, 9.17) is 11.6 Å². The molecule has 0 bridgehead atoms. The lowest BCUT2D eigenvalue weighted by Gasteiger charge is -2.23. The van der Waals surface area contributed by atoms with Gasteiger partial charge in [-0.25, -0.2) is 4.98 Å². The van der Waals surface area contributed by atoms with Crippen molar-refractivity contribution >= 4 is 23.1 Å². The third-order valence-electron chi connectivity index (χ3n) is 2.83.